The summed E-state index contributed by atoms with van der Waals surface area (Å²) in [4.78, 5) is 16.3. The third kappa shape index (κ3) is 7.95. The number of fused-ring (bicyclic) bond motifs is 5. The quantitative estimate of drug-likeness (QED) is 0.137. The van der Waals surface area contributed by atoms with Crippen LogP contribution in [0.1, 0.15) is 0 Å². The van der Waals surface area contributed by atoms with Crippen molar-refractivity contribution in [2.75, 3.05) is 0 Å². The number of nitrogens with zero attached hydrogens (tertiary/aromatic N) is 5. The molecule has 0 unspecified atom stereocenters. The molecule has 11 aromatic carbocycles. The summed E-state index contributed by atoms with van der Waals surface area (Å²) in [6, 6.07) is 101. The molecule has 3 heterocycles. The van der Waals surface area contributed by atoms with Crippen LogP contribution in [-0.4, -0.2) is 23.9 Å². The van der Waals surface area contributed by atoms with Gasteiger partial charge in [-0.05, 0) is 98.1 Å². The molecule has 0 atom stereocenters. The summed E-state index contributed by atoms with van der Waals surface area (Å²) in [5.41, 5.74) is 23.1. The Bertz CT molecular complexity index is 4220. The molecule has 0 saturated heterocycles. The van der Waals surface area contributed by atoms with Crippen molar-refractivity contribution in [2.24, 2.45) is 0 Å². The van der Waals surface area contributed by atoms with Crippen LogP contribution in [0.4, 0.5) is 0 Å². The van der Waals surface area contributed by atoms with Crippen molar-refractivity contribution in [1.82, 2.24) is 23.9 Å². The first-order valence-corrected chi connectivity index (χ1v) is 25.8. The minimum absolute atomic E-state index is 0.654. The second-order valence-electron chi connectivity index (χ2n) is 19.2. The zero-order valence-electron chi connectivity index (χ0n) is 41.4. The molecule has 5 heteroatoms. The molecule has 0 spiro atoms. The van der Waals surface area contributed by atoms with Crippen molar-refractivity contribution in [1.29, 1.82) is 0 Å². The largest absolute Gasteiger partial charge is 0.277 e. The molecule has 0 aliphatic rings. The van der Waals surface area contributed by atoms with Gasteiger partial charge in [-0.15, -0.1) is 0 Å². The summed E-state index contributed by atoms with van der Waals surface area (Å²) in [5, 5.41) is 0. The van der Waals surface area contributed by atoms with E-state index in [9.17, 15) is 0 Å². The first-order valence-electron chi connectivity index (χ1n) is 25.8. The molecule has 76 heavy (non-hydrogen) atoms. The normalized spacial score (nSPS) is 11.4. The molecule has 0 bridgehead atoms. The van der Waals surface area contributed by atoms with Crippen LogP contribution in [0.3, 0.4) is 0 Å². The maximum absolute atomic E-state index is 5.63. The first kappa shape index (κ1) is 44.5. The molecule has 0 aliphatic heterocycles. The van der Waals surface area contributed by atoms with Crippen LogP contribution in [0, 0.1) is 0 Å². The topological polar surface area (TPSA) is 48.0 Å². The van der Waals surface area contributed by atoms with Gasteiger partial charge in [0.2, 0.25) is 5.78 Å². The van der Waals surface area contributed by atoms with Gasteiger partial charge >= 0.3 is 0 Å². The van der Waals surface area contributed by atoms with E-state index >= 15 is 0 Å². The summed E-state index contributed by atoms with van der Waals surface area (Å²) in [5.74, 6) is 1.49. The molecule has 0 N–H and O–H groups in total. The number of hydrogen-bond donors (Lipinski definition) is 0. The highest BCUT2D eigenvalue weighted by Gasteiger charge is 2.25. The number of para-hydroxylation sites is 1. The van der Waals surface area contributed by atoms with Gasteiger partial charge in [-0.1, -0.05) is 243 Å². The molecule has 356 valence electrons. The first-order chi connectivity index (χ1) is 37.7. The molecule has 0 amide bonds. The molecule has 3 aromatic heterocycles. The van der Waals surface area contributed by atoms with Crippen molar-refractivity contribution < 1.29 is 0 Å². The highest BCUT2D eigenvalue weighted by Crippen LogP contribution is 2.46. The number of benzene rings is 11. The van der Waals surface area contributed by atoms with Crippen molar-refractivity contribution >= 4 is 27.8 Å². The molecule has 0 radical (unpaired) electrons. The van der Waals surface area contributed by atoms with Gasteiger partial charge in [-0.3, -0.25) is 8.97 Å². The van der Waals surface area contributed by atoms with Gasteiger partial charge in [0.05, 0.1) is 39.1 Å². The molecule has 0 fully saturated rings. The van der Waals surface area contributed by atoms with Crippen molar-refractivity contribution in [2.45, 2.75) is 0 Å². The Morgan fingerprint density at radius 2 is 0.671 bits per heavy atom. The Labute approximate surface area is 441 Å². The Morgan fingerprint density at radius 3 is 1.16 bits per heavy atom. The number of imidazole rings is 2. The van der Waals surface area contributed by atoms with Crippen LogP contribution in [0.25, 0.3) is 134 Å². The SMILES string of the molecule is c1ccc(-c2ccc3c(c2)n2c4cc(-c5c(-c6ccccc6)cc(-c6nc(-c7ccccc7)cc(-c7ccccc7)n6)cc5-c5ccccc5)ccc4nc2n3-c2c(-c3ccccc3)cccc2-c2ccccc2)cc1. The van der Waals surface area contributed by atoms with Crippen LogP contribution < -0.4 is 0 Å². The van der Waals surface area contributed by atoms with Crippen LogP contribution in [-0.2, 0) is 0 Å². The lowest BCUT2D eigenvalue weighted by atomic mass is 9.85. The molecular weight excluding hydrogens is 923 g/mol. The Morgan fingerprint density at radius 1 is 0.250 bits per heavy atom. The third-order valence-electron chi connectivity index (χ3n) is 14.6. The molecule has 14 rings (SSSR count). The van der Waals surface area contributed by atoms with Crippen molar-refractivity contribution in [3.8, 4) is 106 Å². The van der Waals surface area contributed by atoms with E-state index in [0.717, 1.165) is 128 Å². The third-order valence-corrected chi connectivity index (χ3v) is 14.6. The maximum atomic E-state index is 5.63. The highest BCUT2D eigenvalue weighted by molar-refractivity contribution is 6.02. The Balaban J connectivity index is 1.06. The summed E-state index contributed by atoms with van der Waals surface area (Å²) in [6.45, 7) is 0. The number of rotatable bonds is 10. The maximum Gasteiger partial charge on any atom is 0.220 e. The van der Waals surface area contributed by atoms with E-state index in [2.05, 4.69) is 282 Å². The van der Waals surface area contributed by atoms with Gasteiger partial charge in [0, 0.05) is 27.8 Å². The smallest absolute Gasteiger partial charge is 0.220 e. The van der Waals surface area contributed by atoms with E-state index in [0.29, 0.717) is 5.82 Å². The van der Waals surface area contributed by atoms with E-state index in [4.69, 9.17) is 15.0 Å². The lowest BCUT2D eigenvalue weighted by Gasteiger charge is -2.19. The molecule has 5 nitrogen and oxygen atoms in total. The molecule has 0 aliphatic carbocycles. The minimum Gasteiger partial charge on any atom is -0.277 e. The summed E-state index contributed by atoms with van der Waals surface area (Å²) < 4.78 is 4.77. The lowest BCUT2D eigenvalue weighted by molar-refractivity contribution is 1.11. The van der Waals surface area contributed by atoms with E-state index in [1.54, 1.807) is 0 Å². The average Bonchev–Trinajstić information content (AvgIpc) is 4.19. The van der Waals surface area contributed by atoms with Gasteiger partial charge in [0.1, 0.15) is 0 Å². The standard InChI is InChI=1S/C71H47N5/c1-8-23-48(24-9-1)55-40-42-65-67(45-55)75-66-46-56(39-41-62(66)74-71(75)76(65)69-58(49-25-10-2-11-26-49)37-22-38-59(69)50-27-12-3-13-28-50)68-60(51-29-14-4-15-30-51)43-57(44-61(68)52-31-16-5-17-32-52)70-72-63(53-33-18-6-19-34-53)47-64(73-70)54-35-20-7-21-36-54/h1-47H. The number of aromatic nitrogens is 5. The fourth-order valence-electron chi connectivity index (χ4n) is 11.0. The Kier molecular flexibility index (Phi) is 11.1. The fourth-order valence-corrected chi connectivity index (χ4v) is 11.0. The summed E-state index contributed by atoms with van der Waals surface area (Å²) in [6.07, 6.45) is 0. The van der Waals surface area contributed by atoms with Crippen LogP contribution in [0.15, 0.2) is 285 Å². The van der Waals surface area contributed by atoms with Gasteiger partial charge < -0.3 is 0 Å². The average molecular weight is 970 g/mol. The van der Waals surface area contributed by atoms with Gasteiger partial charge in [-0.25, -0.2) is 15.0 Å². The van der Waals surface area contributed by atoms with Gasteiger partial charge in [0.25, 0.3) is 0 Å². The molecule has 0 saturated carbocycles. The second-order valence-corrected chi connectivity index (χ2v) is 19.2. The van der Waals surface area contributed by atoms with Gasteiger partial charge in [0.15, 0.2) is 5.82 Å². The summed E-state index contributed by atoms with van der Waals surface area (Å²) >= 11 is 0. The van der Waals surface area contributed by atoms with Crippen LogP contribution in [0.5, 0.6) is 0 Å². The second kappa shape index (κ2) is 19.0. The predicted molar refractivity (Wildman–Crippen MR) is 314 cm³/mol. The van der Waals surface area contributed by atoms with E-state index < -0.39 is 0 Å². The monoisotopic (exact) mass is 969 g/mol. The molecular formula is C71H47N5. The van der Waals surface area contributed by atoms with Crippen molar-refractivity contribution in [3.05, 3.63) is 285 Å². The lowest BCUT2D eigenvalue weighted by Crippen LogP contribution is -2.01. The van der Waals surface area contributed by atoms with E-state index in [1.807, 2.05) is 12.1 Å². The zero-order valence-corrected chi connectivity index (χ0v) is 41.4. The molecule has 14 aromatic rings. The van der Waals surface area contributed by atoms with E-state index in [-0.39, 0.29) is 0 Å². The fraction of sp³-hybridized carbons (Fsp3) is 0. The van der Waals surface area contributed by atoms with E-state index in [1.165, 1.54) is 0 Å². The minimum atomic E-state index is 0.654. The Hall–Kier alpha value is -10.2. The van der Waals surface area contributed by atoms with Crippen LogP contribution >= 0.6 is 0 Å². The zero-order chi connectivity index (χ0) is 50.4. The van der Waals surface area contributed by atoms with Gasteiger partial charge in [-0.2, -0.15) is 0 Å². The highest BCUT2D eigenvalue weighted by atomic mass is 15.2. The number of hydrogen-bond acceptors (Lipinski definition) is 3. The predicted octanol–water partition coefficient (Wildman–Crippen LogP) is 18.2. The van der Waals surface area contributed by atoms with Crippen molar-refractivity contribution in [3.63, 3.8) is 0 Å². The van der Waals surface area contributed by atoms with Crippen LogP contribution in [0.2, 0.25) is 0 Å². The summed E-state index contributed by atoms with van der Waals surface area (Å²) in [7, 11) is 0.